The van der Waals surface area contributed by atoms with Gasteiger partial charge in [0.05, 0.1) is 10.2 Å². The molecule has 1 saturated heterocycles. The first-order chi connectivity index (χ1) is 13.6. The van der Waals surface area contributed by atoms with Crippen LogP contribution in [-0.2, 0) is 11.2 Å². The van der Waals surface area contributed by atoms with Gasteiger partial charge in [0.1, 0.15) is 18.0 Å². The number of hydrogen-bond donors (Lipinski definition) is 1. The lowest BCUT2D eigenvalue weighted by Crippen LogP contribution is -2.45. The third-order valence-electron chi connectivity index (χ3n) is 5.20. The average Bonchev–Trinajstić information content (AvgIpc) is 3.08. The standard InChI is InChI=1S/C21H23FN4OS/c1-14-12-28-20-19(14)23-13-24-21(20)26-9-7-17(8-10-26)25-18(27)6-5-15-3-2-4-16(22)11-15/h2-4,11-13,17H,5-10H2,1H3,(H,25,27). The number of hydrogen-bond acceptors (Lipinski definition) is 5. The largest absolute Gasteiger partial charge is 0.355 e. The summed E-state index contributed by atoms with van der Waals surface area (Å²) in [6, 6.07) is 6.61. The SMILES string of the molecule is Cc1csc2c(N3CCC(NC(=O)CCc4cccc(F)c4)CC3)ncnc12. The highest BCUT2D eigenvalue weighted by Gasteiger charge is 2.23. The number of nitrogens with one attached hydrogen (secondary N) is 1. The van der Waals surface area contributed by atoms with Crippen LogP contribution in [-0.4, -0.2) is 35.0 Å². The molecule has 5 nitrogen and oxygen atoms in total. The van der Waals surface area contributed by atoms with Crippen LogP contribution < -0.4 is 10.2 Å². The lowest BCUT2D eigenvalue weighted by molar-refractivity contribution is -0.121. The minimum Gasteiger partial charge on any atom is -0.355 e. The molecular formula is C21H23FN4OS. The number of aryl methyl sites for hydroxylation is 2. The summed E-state index contributed by atoms with van der Waals surface area (Å²) in [7, 11) is 0. The van der Waals surface area contributed by atoms with Crippen molar-refractivity contribution in [2.75, 3.05) is 18.0 Å². The van der Waals surface area contributed by atoms with Crippen molar-refractivity contribution in [2.24, 2.45) is 0 Å². The third-order valence-corrected chi connectivity index (χ3v) is 6.28. The second kappa shape index (κ2) is 8.22. The average molecular weight is 399 g/mol. The molecule has 3 heterocycles. The first-order valence-electron chi connectivity index (χ1n) is 9.57. The lowest BCUT2D eigenvalue weighted by atomic mass is 10.0. The van der Waals surface area contributed by atoms with Crippen LogP contribution in [0.25, 0.3) is 10.2 Å². The second-order valence-corrected chi connectivity index (χ2v) is 8.13. The van der Waals surface area contributed by atoms with Crippen LogP contribution in [0.15, 0.2) is 36.0 Å². The zero-order valence-corrected chi connectivity index (χ0v) is 16.6. The molecule has 4 rings (SSSR count). The number of aromatic nitrogens is 2. The predicted octanol–water partition coefficient (Wildman–Crippen LogP) is 3.86. The van der Waals surface area contributed by atoms with E-state index in [1.54, 1.807) is 23.7 Å². The monoisotopic (exact) mass is 398 g/mol. The van der Waals surface area contributed by atoms with Gasteiger partial charge < -0.3 is 10.2 Å². The first-order valence-corrected chi connectivity index (χ1v) is 10.5. The molecule has 1 aliphatic rings. The zero-order valence-electron chi connectivity index (χ0n) is 15.8. The summed E-state index contributed by atoms with van der Waals surface area (Å²) in [6.07, 6.45) is 4.35. The molecule has 3 aromatic rings. The van der Waals surface area contributed by atoms with Gasteiger partial charge in [0.2, 0.25) is 5.91 Å². The molecule has 7 heteroatoms. The number of rotatable bonds is 5. The molecule has 0 radical (unpaired) electrons. The number of benzene rings is 1. The molecule has 0 saturated carbocycles. The number of thiophene rings is 1. The van der Waals surface area contributed by atoms with E-state index in [0.29, 0.717) is 12.8 Å². The normalized spacial score (nSPS) is 15.1. The van der Waals surface area contributed by atoms with Crippen LogP contribution in [0.3, 0.4) is 0 Å². The van der Waals surface area contributed by atoms with Crippen LogP contribution in [0, 0.1) is 12.7 Å². The second-order valence-electron chi connectivity index (χ2n) is 7.25. The Bertz CT molecular complexity index is 981. The van der Waals surface area contributed by atoms with Gasteiger partial charge in [0.25, 0.3) is 0 Å². The van der Waals surface area contributed by atoms with Gasteiger partial charge in [-0.25, -0.2) is 14.4 Å². The molecule has 1 amide bonds. The van der Waals surface area contributed by atoms with Crippen molar-refractivity contribution in [3.05, 3.63) is 52.9 Å². The minimum atomic E-state index is -0.259. The summed E-state index contributed by atoms with van der Waals surface area (Å²) in [5.74, 6) is 0.769. The van der Waals surface area contributed by atoms with E-state index in [1.165, 1.54) is 17.7 Å². The molecule has 1 fully saturated rings. The van der Waals surface area contributed by atoms with Crippen molar-refractivity contribution >= 4 is 33.3 Å². The fourth-order valence-corrected chi connectivity index (χ4v) is 4.69. The Hall–Kier alpha value is -2.54. The number of halogens is 1. The molecule has 1 N–H and O–H groups in total. The molecule has 1 aliphatic heterocycles. The number of carbonyl (C=O) groups is 1. The number of piperidine rings is 1. The molecule has 28 heavy (non-hydrogen) atoms. The maximum atomic E-state index is 13.2. The number of amides is 1. The topological polar surface area (TPSA) is 58.1 Å². The summed E-state index contributed by atoms with van der Waals surface area (Å²) in [4.78, 5) is 23.4. The van der Waals surface area contributed by atoms with Crippen molar-refractivity contribution in [1.82, 2.24) is 15.3 Å². The van der Waals surface area contributed by atoms with E-state index in [9.17, 15) is 9.18 Å². The van der Waals surface area contributed by atoms with Gasteiger partial charge in [0.15, 0.2) is 0 Å². The molecule has 0 aliphatic carbocycles. The van der Waals surface area contributed by atoms with Crippen molar-refractivity contribution < 1.29 is 9.18 Å². The summed E-state index contributed by atoms with van der Waals surface area (Å²) in [5, 5.41) is 5.25. The Morgan fingerprint density at radius 3 is 2.93 bits per heavy atom. The smallest absolute Gasteiger partial charge is 0.220 e. The van der Waals surface area contributed by atoms with Gasteiger partial charge >= 0.3 is 0 Å². The summed E-state index contributed by atoms with van der Waals surface area (Å²) in [5.41, 5.74) is 3.07. The van der Waals surface area contributed by atoms with Crippen molar-refractivity contribution in [3.63, 3.8) is 0 Å². The zero-order chi connectivity index (χ0) is 19.5. The van der Waals surface area contributed by atoms with Crippen molar-refractivity contribution in [3.8, 4) is 0 Å². The minimum absolute atomic E-state index is 0.0287. The van der Waals surface area contributed by atoms with Gasteiger partial charge in [0, 0.05) is 25.6 Å². The fraction of sp³-hybridized carbons (Fsp3) is 0.381. The molecule has 146 valence electrons. The molecule has 1 aromatic carbocycles. The van der Waals surface area contributed by atoms with Gasteiger partial charge in [-0.1, -0.05) is 12.1 Å². The quantitative estimate of drug-likeness (QED) is 0.709. The van der Waals surface area contributed by atoms with E-state index in [4.69, 9.17) is 0 Å². The molecule has 0 spiro atoms. The molecule has 0 bridgehead atoms. The van der Waals surface area contributed by atoms with E-state index in [-0.39, 0.29) is 17.8 Å². The van der Waals surface area contributed by atoms with Gasteiger partial charge in [-0.15, -0.1) is 11.3 Å². The Balaban J connectivity index is 1.30. The van der Waals surface area contributed by atoms with E-state index in [2.05, 4.69) is 32.5 Å². The number of nitrogens with zero attached hydrogens (tertiary/aromatic N) is 3. The highest BCUT2D eigenvalue weighted by Crippen LogP contribution is 2.32. The summed E-state index contributed by atoms with van der Waals surface area (Å²) < 4.78 is 14.4. The van der Waals surface area contributed by atoms with Crippen LogP contribution in [0.4, 0.5) is 10.2 Å². The van der Waals surface area contributed by atoms with Crippen LogP contribution >= 0.6 is 11.3 Å². The Morgan fingerprint density at radius 1 is 1.32 bits per heavy atom. The highest BCUT2D eigenvalue weighted by molar-refractivity contribution is 7.18. The summed E-state index contributed by atoms with van der Waals surface area (Å²) >= 11 is 1.69. The third kappa shape index (κ3) is 4.14. The maximum absolute atomic E-state index is 13.2. The van der Waals surface area contributed by atoms with Crippen molar-refractivity contribution in [2.45, 2.75) is 38.6 Å². The van der Waals surface area contributed by atoms with Gasteiger partial charge in [-0.3, -0.25) is 4.79 Å². The van der Waals surface area contributed by atoms with Crippen LogP contribution in [0.5, 0.6) is 0 Å². The molecule has 0 atom stereocenters. The van der Waals surface area contributed by atoms with E-state index in [0.717, 1.165) is 47.5 Å². The van der Waals surface area contributed by atoms with Gasteiger partial charge in [-0.2, -0.15) is 0 Å². The number of carbonyl (C=O) groups excluding carboxylic acids is 1. The predicted molar refractivity (Wildman–Crippen MR) is 110 cm³/mol. The van der Waals surface area contributed by atoms with Gasteiger partial charge in [-0.05, 0) is 54.8 Å². The Morgan fingerprint density at radius 2 is 2.14 bits per heavy atom. The van der Waals surface area contributed by atoms with E-state index < -0.39 is 0 Å². The van der Waals surface area contributed by atoms with Crippen molar-refractivity contribution in [1.29, 1.82) is 0 Å². The van der Waals surface area contributed by atoms with E-state index >= 15 is 0 Å². The van der Waals surface area contributed by atoms with E-state index in [1.807, 2.05) is 6.07 Å². The first kappa shape index (κ1) is 18.8. The summed E-state index contributed by atoms with van der Waals surface area (Å²) in [6.45, 7) is 3.79. The Labute approximate surface area is 167 Å². The fourth-order valence-electron chi connectivity index (χ4n) is 3.67. The highest BCUT2D eigenvalue weighted by atomic mass is 32.1. The molecule has 2 aromatic heterocycles. The maximum Gasteiger partial charge on any atom is 0.220 e. The Kier molecular flexibility index (Phi) is 5.52. The number of anilines is 1. The molecule has 0 unspecified atom stereocenters. The molecular weight excluding hydrogens is 375 g/mol. The number of fused-ring (bicyclic) bond motifs is 1. The van der Waals surface area contributed by atoms with Crippen LogP contribution in [0.1, 0.15) is 30.4 Å². The lowest BCUT2D eigenvalue weighted by Gasteiger charge is -2.33. The van der Waals surface area contributed by atoms with Crippen LogP contribution in [0.2, 0.25) is 0 Å².